The van der Waals surface area contributed by atoms with Crippen molar-refractivity contribution in [2.24, 2.45) is 0 Å². The van der Waals surface area contributed by atoms with Crippen molar-refractivity contribution >= 4 is 11.8 Å². The molecule has 2 amide bonds. The first-order valence-electron chi connectivity index (χ1n) is 6.86. The number of carbonyl (C=O) groups is 2. The number of carbonyl (C=O) groups excluding carboxylic acids is 2. The number of amides is 2. The van der Waals surface area contributed by atoms with Crippen molar-refractivity contribution in [2.45, 2.75) is 50.5 Å². The van der Waals surface area contributed by atoms with Crippen LogP contribution in [0.5, 0.6) is 0 Å². The molecule has 5 heteroatoms. The number of piperidine rings is 1. The highest BCUT2D eigenvalue weighted by molar-refractivity contribution is 5.85. The molecule has 0 aromatic rings. The van der Waals surface area contributed by atoms with E-state index in [1.807, 2.05) is 0 Å². The number of hydrogen-bond acceptors (Lipinski definition) is 3. The van der Waals surface area contributed by atoms with Crippen molar-refractivity contribution in [1.29, 1.82) is 0 Å². The molecule has 2 aliphatic rings. The zero-order valence-corrected chi connectivity index (χ0v) is 10.8. The van der Waals surface area contributed by atoms with Gasteiger partial charge in [-0.2, -0.15) is 0 Å². The van der Waals surface area contributed by atoms with E-state index in [1.165, 1.54) is 0 Å². The van der Waals surface area contributed by atoms with Crippen LogP contribution in [0.25, 0.3) is 0 Å². The topological polar surface area (TPSA) is 69.6 Å². The van der Waals surface area contributed by atoms with E-state index in [0.29, 0.717) is 19.5 Å². The van der Waals surface area contributed by atoms with Crippen molar-refractivity contribution in [3.05, 3.63) is 0 Å². The largest absolute Gasteiger partial charge is 0.388 e. The Morgan fingerprint density at radius 1 is 1.28 bits per heavy atom. The van der Waals surface area contributed by atoms with E-state index in [9.17, 15) is 14.7 Å². The Hall–Kier alpha value is -1.10. The SMILES string of the molecule is O=C(CN1CCCCC1=O)NCC1(O)CCCC1. The zero-order valence-electron chi connectivity index (χ0n) is 10.8. The van der Waals surface area contributed by atoms with Crippen molar-refractivity contribution in [3.63, 3.8) is 0 Å². The van der Waals surface area contributed by atoms with Gasteiger partial charge in [-0.05, 0) is 25.7 Å². The zero-order chi connectivity index (χ0) is 13.0. The number of nitrogens with one attached hydrogen (secondary N) is 1. The molecule has 2 fully saturated rings. The molecular formula is C13H22N2O3. The summed E-state index contributed by atoms with van der Waals surface area (Å²) in [5.41, 5.74) is -0.721. The lowest BCUT2D eigenvalue weighted by atomic mass is 10.0. The molecule has 1 aliphatic heterocycles. The van der Waals surface area contributed by atoms with Gasteiger partial charge in [-0.3, -0.25) is 9.59 Å². The molecule has 0 spiro atoms. The van der Waals surface area contributed by atoms with E-state index in [-0.39, 0.29) is 18.4 Å². The van der Waals surface area contributed by atoms with E-state index in [1.54, 1.807) is 4.90 Å². The summed E-state index contributed by atoms with van der Waals surface area (Å²) in [5.74, 6) is -0.0958. The minimum absolute atomic E-state index is 0.0657. The summed E-state index contributed by atoms with van der Waals surface area (Å²) in [6.45, 7) is 1.12. The van der Waals surface area contributed by atoms with Gasteiger partial charge in [0.1, 0.15) is 0 Å². The first kappa shape index (κ1) is 13.3. The molecule has 18 heavy (non-hydrogen) atoms. The lowest BCUT2D eigenvalue weighted by Crippen LogP contribution is -2.47. The summed E-state index contributed by atoms with van der Waals surface area (Å²) in [7, 11) is 0. The van der Waals surface area contributed by atoms with Crippen LogP contribution in [0, 0.1) is 0 Å². The molecule has 102 valence electrons. The van der Waals surface area contributed by atoms with Gasteiger partial charge in [-0.25, -0.2) is 0 Å². The van der Waals surface area contributed by atoms with Crippen molar-refractivity contribution < 1.29 is 14.7 Å². The highest BCUT2D eigenvalue weighted by Crippen LogP contribution is 2.28. The summed E-state index contributed by atoms with van der Waals surface area (Å²) in [4.78, 5) is 24.9. The fraction of sp³-hybridized carbons (Fsp3) is 0.846. The average molecular weight is 254 g/mol. The average Bonchev–Trinajstić information content (AvgIpc) is 2.77. The molecule has 2 rings (SSSR count). The molecule has 5 nitrogen and oxygen atoms in total. The summed E-state index contributed by atoms with van der Waals surface area (Å²) in [6, 6.07) is 0. The Bertz CT molecular complexity index is 324. The summed E-state index contributed by atoms with van der Waals surface area (Å²) >= 11 is 0. The minimum atomic E-state index is -0.721. The van der Waals surface area contributed by atoms with Crippen LogP contribution in [-0.4, -0.2) is 47.1 Å². The molecule has 1 aliphatic carbocycles. The van der Waals surface area contributed by atoms with Crippen LogP contribution in [0.2, 0.25) is 0 Å². The smallest absolute Gasteiger partial charge is 0.239 e. The second kappa shape index (κ2) is 5.69. The van der Waals surface area contributed by atoms with Gasteiger partial charge in [0.25, 0.3) is 0 Å². The van der Waals surface area contributed by atoms with Gasteiger partial charge in [0, 0.05) is 19.5 Å². The van der Waals surface area contributed by atoms with Crippen molar-refractivity contribution in [3.8, 4) is 0 Å². The molecule has 0 bridgehead atoms. The molecule has 0 aromatic heterocycles. The predicted molar refractivity (Wildman–Crippen MR) is 66.9 cm³/mol. The maximum Gasteiger partial charge on any atom is 0.239 e. The van der Waals surface area contributed by atoms with Crippen LogP contribution >= 0.6 is 0 Å². The van der Waals surface area contributed by atoms with Gasteiger partial charge in [0.15, 0.2) is 0 Å². The maximum absolute atomic E-state index is 11.7. The van der Waals surface area contributed by atoms with Crippen LogP contribution in [0.3, 0.4) is 0 Å². The van der Waals surface area contributed by atoms with Crippen molar-refractivity contribution in [2.75, 3.05) is 19.6 Å². The molecular weight excluding hydrogens is 232 g/mol. The number of nitrogens with zero attached hydrogens (tertiary/aromatic N) is 1. The summed E-state index contributed by atoms with van der Waals surface area (Å²) in [5, 5.41) is 12.9. The van der Waals surface area contributed by atoms with Crippen LogP contribution in [0.4, 0.5) is 0 Å². The fourth-order valence-electron chi connectivity index (χ4n) is 2.73. The predicted octanol–water partition coefficient (Wildman–Crippen LogP) is 0.420. The molecule has 0 atom stereocenters. The Kier molecular flexibility index (Phi) is 4.22. The third-order valence-corrected chi connectivity index (χ3v) is 3.90. The second-order valence-corrected chi connectivity index (χ2v) is 5.48. The highest BCUT2D eigenvalue weighted by atomic mass is 16.3. The normalized spacial score (nSPS) is 23.2. The molecule has 0 aromatic carbocycles. The number of aliphatic hydroxyl groups is 1. The van der Waals surface area contributed by atoms with Crippen LogP contribution in [0.1, 0.15) is 44.9 Å². The molecule has 2 N–H and O–H groups in total. The standard InChI is InChI=1S/C13H22N2O3/c16-11(9-15-8-4-1-5-12(15)17)14-10-13(18)6-2-3-7-13/h18H,1-10H2,(H,14,16). The second-order valence-electron chi connectivity index (χ2n) is 5.48. The lowest BCUT2D eigenvalue weighted by Gasteiger charge is -2.27. The fourth-order valence-corrected chi connectivity index (χ4v) is 2.73. The van der Waals surface area contributed by atoms with E-state index in [4.69, 9.17) is 0 Å². The minimum Gasteiger partial charge on any atom is -0.388 e. The Morgan fingerprint density at radius 3 is 2.67 bits per heavy atom. The van der Waals surface area contributed by atoms with E-state index < -0.39 is 5.60 Å². The third kappa shape index (κ3) is 3.45. The highest BCUT2D eigenvalue weighted by Gasteiger charge is 2.31. The van der Waals surface area contributed by atoms with Crippen molar-refractivity contribution in [1.82, 2.24) is 10.2 Å². The molecule has 0 radical (unpaired) electrons. The van der Waals surface area contributed by atoms with Gasteiger partial charge >= 0.3 is 0 Å². The van der Waals surface area contributed by atoms with Crippen LogP contribution in [0.15, 0.2) is 0 Å². The molecule has 0 unspecified atom stereocenters. The van der Waals surface area contributed by atoms with Crippen LogP contribution < -0.4 is 5.32 Å². The Balaban J connectivity index is 1.73. The summed E-state index contributed by atoms with van der Waals surface area (Å²) in [6.07, 6.45) is 6.02. The van der Waals surface area contributed by atoms with Gasteiger partial charge < -0.3 is 15.3 Å². The first-order chi connectivity index (χ1) is 8.59. The molecule has 1 saturated heterocycles. The number of likely N-dealkylation sites (tertiary alicyclic amines) is 1. The first-order valence-corrected chi connectivity index (χ1v) is 6.86. The van der Waals surface area contributed by atoms with Gasteiger partial charge in [-0.1, -0.05) is 12.8 Å². The van der Waals surface area contributed by atoms with Gasteiger partial charge in [0.2, 0.25) is 11.8 Å². The van der Waals surface area contributed by atoms with Gasteiger partial charge in [0.05, 0.1) is 12.1 Å². The quantitative estimate of drug-likeness (QED) is 0.764. The van der Waals surface area contributed by atoms with Crippen LogP contribution in [-0.2, 0) is 9.59 Å². The monoisotopic (exact) mass is 254 g/mol. The Morgan fingerprint density at radius 2 is 2.00 bits per heavy atom. The van der Waals surface area contributed by atoms with E-state index >= 15 is 0 Å². The Labute approximate surface area is 108 Å². The van der Waals surface area contributed by atoms with Gasteiger partial charge in [-0.15, -0.1) is 0 Å². The summed E-state index contributed by atoms with van der Waals surface area (Å²) < 4.78 is 0. The third-order valence-electron chi connectivity index (χ3n) is 3.90. The van der Waals surface area contributed by atoms with E-state index in [0.717, 1.165) is 38.5 Å². The number of rotatable bonds is 4. The number of hydrogen-bond donors (Lipinski definition) is 2. The molecule has 1 saturated carbocycles. The maximum atomic E-state index is 11.7. The lowest BCUT2D eigenvalue weighted by molar-refractivity contribution is -0.138. The van der Waals surface area contributed by atoms with E-state index in [2.05, 4.69) is 5.32 Å². The molecule has 1 heterocycles.